The molecule has 6 nitrogen and oxygen atoms in total. The van der Waals surface area contributed by atoms with Crippen molar-refractivity contribution in [2.45, 2.75) is 32.6 Å². The fourth-order valence-electron chi connectivity index (χ4n) is 2.59. The van der Waals surface area contributed by atoms with Crippen LogP contribution in [-0.4, -0.2) is 38.6 Å². The summed E-state index contributed by atoms with van der Waals surface area (Å²) in [6.07, 6.45) is 10.6. The molecule has 0 radical (unpaired) electrons. The van der Waals surface area contributed by atoms with Gasteiger partial charge in [-0.05, 0) is 43.2 Å². The SMILES string of the molecule is CCC/C=C1/SC(=O)N(CCCCOc2cccn3ccnc23)C1=O.Cl. The molecule has 0 atom stereocenters. The molecule has 3 rings (SSSR count). The summed E-state index contributed by atoms with van der Waals surface area (Å²) < 4.78 is 7.68. The molecule has 2 aromatic heterocycles. The summed E-state index contributed by atoms with van der Waals surface area (Å²) >= 11 is 1.04. The van der Waals surface area contributed by atoms with Gasteiger partial charge in [0.05, 0.1) is 11.5 Å². The van der Waals surface area contributed by atoms with Gasteiger partial charge in [-0.1, -0.05) is 19.4 Å². The molecule has 0 bridgehead atoms. The van der Waals surface area contributed by atoms with Crippen LogP contribution in [0.2, 0.25) is 0 Å². The van der Waals surface area contributed by atoms with Crippen molar-refractivity contribution in [1.82, 2.24) is 14.3 Å². The van der Waals surface area contributed by atoms with Crippen molar-refractivity contribution in [1.29, 1.82) is 0 Å². The van der Waals surface area contributed by atoms with Gasteiger partial charge in [0, 0.05) is 25.1 Å². The number of aromatic nitrogens is 2. The lowest BCUT2D eigenvalue weighted by Gasteiger charge is -2.12. The molecule has 2 aromatic rings. The molecular formula is C18H22ClN3O3S. The van der Waals surface area contributed by atoms with E-state index in [1.165, 1.54) is 4.90 Å². The summed E-state index contributed by atoms with van der Waals surface area (Å²) in [4.78, 5) is 30.3. The minimum atomic E-state index is -0.171. The number of fused-ring (bicyclic) bond motifs is 1. The van der Waals surface area contributed by atoms with E-state index in [1.807, 2.05) is 41.9 Å². The largest absolute Gasteiger partial charge is 0.490 e. The Hall–Kier alpha value is -1.99. The number of pyridine rings is 1. The van der Waals surface area contributed by atoms with Crippen molar-refractivity contribution in [3.05, 3.63) is 41.7 Å². The zero-order chi connectivity index (χ0) is 17.6. The number of nitrogens with zero attached hydrogens (tertiary/aromatic N) is 3. The van der Waals surface area contributed by atoms with Crippen LogP contribution in [0.3, 0.4) is 0 Å². The molecule has 2 amide bonds. The second kappa shape index (κ2) is 9.64. The van der Waals surface area contributed by atoms with E-state index < -0.39 is 0 Å². The van der Waals surface area contributed by atoms with E-state index in [0.29, 0.717) is 18.1 Å². The maximum absolute atomic E-state index is 12.2. The predicted octanol–water partition coefficient (Wildman–Crippen LogP) is 4.29. The quantitative estimate of drug-likeness (QED) is 0.492. The Morgan fingerprint density at radius 3 is 2.92 bits per heavy atom. The molecule has 140 valence electrons. The average molecular weight is 396 g/mol. The van der Waals surface area contributed by atoms with Crippen molar-refractivity contribution in [3.8, 4) is 5.75 Å². The molecule has 8 heteroatoms. The number of ether oxygens (including phenoxy) is 1. The minimum Gasteiger partial charge on any atom is -0.490 e. The van der Waals surface area contributed by atoms with Gasteiger partial charge in [-0.25, -0.2) is 4.98 Å². The standard InChI is InChI=1S/C18H21N3O3S.ClH/c1-2-3-8-15-17(22)21(18(23)25-15)11-4-5-13-24-14-7-6-10-20-12-9-19-16(14)20;/h6-10,12H,2-5,11,13H2,1H3;1H/b15-8+;. The van der Waals surface area contributed by atoms with Crippen molar-refractivity contribution in [2.75, 3.05) is 13.2 Å². The number of rotatable bonds is 8. The van der Waals surface area contributed by atoms with E-state index in [4.69, 9.17) is 4.74 Å². The van der Waals surface area contributed by atoms with Crippen molar-refractivity contribution < 1.29 is 14.3 Å². The van der Waals surface area contributed by atoms with Gasteiger partial charge in [0.25, 0.3) is 11.1 Å². The highest BCUT2D eigenvalue weighted by atomic mass is 35.5. The first kappa shape index (κ1) is 20.3. The normalized spacial score (nSPS) is 15.7. The number of imidazole rings is 1. The summed E-state index contributed by atoms with van der Waals surface area (Å²) in [5.74, 6) is 0.577. The number of unbranched alkanes of at least 4 members (excludes halogenated alkanes) is 2. The van der Waals surface area contributed by atoms with Crippen LogP contribution in [0, 0.1) is 0 Å². The summed E-state index contributed by atoms with van der Waals surface area (Å²) in [6.45, 7) is 3.00. The van der Waals surface area contributed by atoms with E-state index in [9.17, 15) is 9.59 Å². The van der Waals surface area contributed by atoms with Crippen LogP contribution in [0.1, 0.15) is 32.6 Å². The van der Waals surface area contributed by atoms with Crippen LogP contribution < -0.4 is 4.74 Å². The molecule has 0 N–H and O–H groups in total. The van der Waals surface area contributed by atoms with Gasteiger partial charge in [-0.2, -0.15) is 0 Å². The van der Waals surface area contributed by atoms with Gasteiger partial charge in [-0.15, -0.1) is 12.4 Å². The molecule has 1 aliphatic rings. The van der Waals surface area contributed by atoms with Crippen LogP contribution in [0.4, 0.5) is 4.79 Å². The highest BCUT2D eigenvalue weighted by Crippen LogP contribution is 2.31. The molecule has 0 aromatic carbocycles. The highest BCUT2D eigenvalue weighted by Gasteiger charge is 2.34. The number of carbonyl (C=O) groups is 2. The molecule has 1 saturated heterocycles. The van der Waals surface area contributed by atoms with Crippen LogP contribution in [-0.2, 0) is 4.79 Å². The summed E-state index contributed by atoms with van der Waals surface area (Å²) in [5, 5.41) is -0.171. The number of hydrogen-bond donors (Lipinski definition) is 0. The summed E-state index contributed by atoms with van der Waals surface area (Å²) in [6, 6.07) is 3.80. The van der Waals surface area contributed by atoms with Crippen LogP contribution in [0.15, 0.2) is 41.7 Å². The molecule has 26 heavy (non-hydrogen) atoms. The van der Waals surface area contributed by atoms with Gasteiger partial charge in [-0.3, -0.25) is 14.5 Å². The number of imide groups is 1. The van der Waals surface area contributed by atoms with E-state index in [2.05, 4.69) is 4.98 Å². The maximum atomic E-state index is 12.2. The Bertz CT molecular complexity index is 806. The fourth-order valence-corrected chi connectivity index (χ4v) is 3.47. The van der Waals surface area contributed by atoms with Crippen LogP contribution in [0.5, 0.6) is 5.75 Å². The smallest absolute Gasteiger partial charge is 0.293 e. The Balaban J connectivity index is 0.00000243. The second-order valence-electron chi connectivity index (χ2n) is 5.77. The number of halogens is 1. The lowest BCUT2D eigenvalue weighted by Crippen LogP contribution is -2.29. The first-order valence-corrected chi connectivity index (χ1v) is 9.30. The second-order valence-corrected chi connectivity index (χ2v) is 6.76. The zero-order valence-electron chi connectivity index (χ0n) is 14.6. The first-order chi connectivity index (χ1) is 12.2. The zero-order valence-corrected chi connectivity index (χ0v) is 16.2. The lowest BCUT2D eigenvalue weighted by molar-refractivity contribution is -0.122. The first-order valence-electron chi connectivity index (χ1n) is 8.49. The van der Waals surface area contributed by atoms with E-state index in [0.717, 1.165) is 48.8 Å². The Morgan fingerprint density at radius 1 is 1.27 bits per heavy atom. The molecule has 0 saturated carbocycles. The van der Waals surface area contributed by atoms with Crippen LogP contribution in [0.25, 0.3) is 5.65 Å². The van der Waals surface area contributed by atoms with Gasteiger partial charge < -0.3 is 9.14 Å². The van der Waals surface area contributed by atoms with Crippen molar-refractivity contribution in [3.63, 3.8) is 0 Å². The monoisotopic (exact) mass is 395 g/mol. The van der Waals surface area contributed by atoms with Crippen LogP contribution >= 0.6 is 24.2 Å². The van der Waals surface area contributed by atoms with Gasteiger partial charge in [0.2, 0.25) is 0 Å². The third-order valence-corrected chi connectivity index (χ3v) is 4.87. The predicted molar refractivity (Wildman–Crippen MR) is 105 cm³/mol. The van der Waals surface area contributed by atoms with Crippen molar-refractivity contribution in [2.24, 2.45) is 0 Å². The molecule has 0 aliphatic carbocycles. The van der Waals surface area contributed by atoms with Gasteiger partial charge in [0.1, 0.15) is 0 Å². The molecular weight excluding hydrogens is 374 g/mol. The van der Waals surface area contributed by atoms with Gasteiger partial charge in [0.15, 0.2) is 11.4 Å². The number of hydrogen-bond acceptors (Lipinski definition) is 5. The van der Waals surface area contributed by atoms with E-state index >= 15 is 0 Å². The Kier molecular flexibility index (Phi) is 7.53. The topological polar surface area (TPSA) is 63.9 Å². The molecule has 1 fully saturated rings. The Morgan fingerprint density at radius 2 is 2.12 bits per heavy atom. The molecule has 3 heterocycles. The summed E-state index contributed by atoms with van der Waals surface area (Å²) in [7, 11) is 0. The maximum Gasteiger partial charge on any atom is 0.293 e. The molecule has 0 spiro atoms. The third-order valence-electron chi connectivity index (χ3n) is 3.91. The lowest BCUT2D eigenvalue weighted by atomic mass is 10.3. The van der Waals surface area contributed by atoms with Gasteiger partial charge >= 0.3 is 0 Å². The minimum absolute atomic E-state index is 0. The fraction of sp³-hybridized carbons (Fsp3) is 0.389. The molecule has 0 unspecified atom stereocenters. The number of thioether (sulfide) groups is 1. The number of carbonyl (C=O) groups excluding carboxylic acids is 2. The number of allylic oxidation sites excluding steroid dienone is 1. The van der Waals surface area contributed by atoms with E-state index in [1.54, 1.807) is 6.20 Å². The summed E-state index contributed by atoms with van der Waals surface area (Å²) in [5.41, 5.74) is 0.787. The average Bonchev–Trinajstić information content (AvgIpc) is 3.19. The van der Waals surface area contributed by atoms with E-state index in [-0.39, 0.29) is 23.6 Å². The Labute approximate surface area is 163 Å². The highest BCUT2D eigenvalue weighted by molar-refractivity contribution is 8.18. The van der Waals surface area contributed by atoms with Crippen molar-refractivity contribution >= 4 is 41.0 Å². The number of amides is 2. The molecule has 1 aliphatic heterocycles. The third kappa shape index (κ3) is 4.59.